The third-order valence-corrected chi connectivity index (χ3v) is 4.35. The normalized spacial score (nSPS) is 10.9. The van der Waals surface area contributed by atoms with Crippen LogP contribution in [0.1, 0.15) is 5.69 Å². The van der Waals surface area contributed by atoms with Gasteiger partial charge in [0.25, 0.3) is 0 Å². The van der Waals surface area contributed by atoms with Crippen LogP contribution in [0, 0.1) is 0 Å². The molecule has 0 bridgehead atoms. The molecule has 4 rings (SSSR count). The highest BCUT2D eigenvalue weighted by Crippen LogP contribution is 2.27. The third kappa shape index (κ3) is 3.09. The predicted octanol–water partition coefficient (Wildman–Crippen LogP) is 2.37. The number of nitrogens with one attached hydrogen (secondary N) is 2. The van der Waals surface area contributed by atoms with E-state index in [9.17, 15) is 4.79 Å². The number of aromatic nitrogens is 5. The first-order valence-electron chi connectivity index (χ1n) is 7.49. The van der Waals surface area contributed by atoms with Crippen LogP contribution in [0.25, 0.3) is 16.3 Å². The Morgan fingerprint density at radius 1 is 1.36 bits per heavy atom. The van der Waals surface area contributed by atoms with Gasteiger partial charge in [-0.2, -0.15) is 4.98 Å². The zero-order chi connectivity index (χ0) is 17.2. The molecule has 25 heavy (non-hydrogen) atoms. The number of thiazole rings is 1. The summed E-state index contributed by atoms with van der Waals surface area (Å²) in [7, 11) is 1.59. The third-order valence-electron chi connectivity index (χ3n) is 3.58. The summed E-state index contributed by atoms with van der Waals surface area (Å²) in [5.74, 6) is 1.19. The topological polar surface area (TPSA) is 97.2 Å². The molecule has 0 saturated heterocycles. The van der Waals surface area contributed by atoms with Crippen LogP contribution in [0.5, 0.6) is 5.75 Å². The molecule has 2 N–H and O–H groups in total. The summed E-state index contributed by atoms with van der Waals surface area (Å²) in [6.45, 7) is 0. The van der Waals surface area contributed by atoms with Crippen molar-refractivity contribution in [2.24, 2.45) is 0 Å². The Balaban J connectivity index is 1.47. The number of imidazole rings is 1. The number of amides is 1. The Labute approximate surface area is 146 Å². The number of ether oxygens (including phenoxy) is 1. The molecular formula is C16H14N6O2S. The number of carbonyl (C=O) groups excluding carboxylic acids is 1. The molecule has 0 unspecified atom stereocenters. The minimum Gasteiger partial charge on any atom is -0.496 e. The van der Waals surface area contributed by atoms with Crippen molar-refractivity contribution in [3.63, 3.8) is 0 Å². The van der Waals surface area contributed by atoms with Crippen molar-refractivity contribution in [3.8, 4) is 17.1 Å². The molecule has 0 aliphatic carbocycles. The average Bonchev–Trinajstić information content (AvgIpc) is 3.31. The van der Waals surface area contributed by atoms with Gasteiger partial charge in [0, 0.05) is 17.8 Å². The van der Waals surface area contributed by atoms with Gasteiger partial charge in [0.1, 0.15) is 5.75 Å². The Morgan fingerprint density at radius 2 is 2.24 bits per heavy atom. The molecule has 0 fully saturated rings. The van der Waals surface area contributed by atoms with Gasteiger partial charge in [-0.25, -0.2) is 4.98 Å². The predicted molar refractivity (Wildman–Crippen MR) is 93.8 cm³/mol. The molecule has 1 amide bonds. The molecule has 0 spiro atoms. The Kier molecular flexibility index (Phi) is 3.90. The smallest absolute Gasteiger partial charge is 0.249 e. The second-order valence-corrected chi connectivity index (χ2v) is 6.13. The lowest BCUT2D eigenvalue weighted by molar-refractivity contribution is -0.115. The number of anilines is 1. The van der Waals surface area contributed by atoms with Crippen LogP contribution in [0.4, 0.5) is 5.95 Å². The maximum atomic E-state index is 12.2. The van der Waals surface area contributed by atoms with E-state index in [0.29, 0.717) is 17.3 Å². The molecule has 3 aromatic heterocycles. The largest absolute Gasteiger partial charge is 0.496 e. The zero-order valence-corrected chi connectivity index (χ0v) is 14.1. The highest BCUT2D eigenvalue weighted by Gasteiger charge is 2.13. The number of H-pyrrole nitrogens is 1. The Morgan fingerprint density at radius 3 is 3.08 bits per heavy atom. The summed E-state index contributed by atoms with van der Waals surface area (Å²) in [6.07, 6.45) is 3.90. The molecule has 1 aromatic carbocycles. The van der Waals surface area contributed by atoms with E-state index in [-0.39, 0.29) is 18.3 Å². The molecular weight excluding hydrogens is 340 g/mol. The van der Waals surface area contributed by atoms with Crippen LogP contribution in [0.15, 0.2) is 42.0 Å². The fourth-order valence-electron chi connectivity index (χ4n) is 2.47. The van der Waals surface area contributed by atoms with Crippen molar-refractivity contribution in [2.75, 3.05) is 12.4 Å². The highest BCUT2D eigenvalue weighted by atomic mass is 32.1. The molecule has 4 aromatic rings. The van der Waals surface area contributed by atoms with E-state index in [1.807, 2.05) is 46.4 Å². The van der Waals surface area contributed by atoms with Crippen molar-refractivity contribution in [3.05, 3.63) is 47.7 Å². The second kappa shape index (κ2) is 6.36. The Hall–Kier alpha value is -3.20. The van der Waals surface area contributed by atoms with Crippen LogP contribution >= 0.6 is 11.3 Å². The lowest BCUT2D eigenvalue weighted by atomic mass is 10.2. The molecule has 3 heterocycles. The molecule has 0 aliphatic heterocycles. The molecule has 126 valence electrons. The fraction of sp³-hybridized carbons (Fsp3) is 0.125. The van der Waals surface area contributed by atoms with Crippen molar-refractivity contribution >= 4 is 28.2 Å². The van der Waals surface area contributed by atoms with E-state index in [1.165, 1.54) is 11.3 Å². The van der Waals surface area contributed by atoms with E-state index in [1.54, 1.807) is 7.11 Å². The fourth-order valence-corrected chi connectivity index (χ4v) is 3.19. The number of methoxy groups -OCH3 is 1. The first-order chi connectivity index (χ1) is 12.2. The highest BCUT2D eigenvalue weighted by molar-refractivity contribution is 7.15. The monoisotopic (exact) mass is 354 g/mol. The van der Waals surface area contributed by atoms with Crippen LogP contribution in [-0.2, 0) is 11.2 Å². The van der Waals surface area contributed by atoms with Gasteiger partial charge in [0.05, 0.1) is 24.8 Å². The van der Waals surface area contributed by atoms with Crippen molar-refractivity contribution in [1.82, 2.24) is 24.6 Å². The van der Waals surface area contributed by atoms with Gasteiger partial charge in [-0.15, -0.1) is 16.4 Å². The maximum Gasteiger partial charge on any atom is 0.249 e. The van der Waals surface area contributed by atoms with Gasteiger partial charge in [0.15, 0.2) is 10.8 Å². The first-order valence-corrected chi connectivity index (χ1v) is 8.37. The lowest BCUT2D eigenvalue weighted by Crippen LogP contribution is -2.15. The summed E-state index contributed by atoms with van der Waals surface area (Å²) >= 11 is 1.52. The van der Waals surface area contributed by atoms with Gasteiger partial charge >= 0.3 is 0 Å². The standard InChI is InChI=1S/C16H14N6O2S/c1-24-12-5-3-2-4-11(12)14-19-15(21-20-14)18-13(23)8-10-9-22-6-7-25-16(22)17-10/h2-7,9H,8H2,1H3,(H2,18,19,20,21,23). The quantitative estimate of drug-likeness (QED) is 0.573. The average molecular weight is 354 g/mol. The number of hydrogen-bond donors (Lipinski definition) is 2. The van der Waals surface area contributed by atoms with E-state index in [4.69, 9.17) is 4.74 Å². The van der Waals surface area contributed by atoms with Crippen molar-refractivity contribution < 1.29 is 9.53 Å². The molecule has 8 nitrogen and oxygen atoms in total. The second-order valence-electron chi connectivity index (χ2n) is 5.26. The summed E-state index contributed by atoms with van der Waals surface area (Å²) < 4.78 is 7.19. The lowest BCUT2D eigenvalue weighted by Gasteiger charge is -2.04. The molecule has 0 atom stereocenters. The number of hydrogen-bond acceptors (Lipinski definition) is 6. The Bertz CT molecular complexity index is 1010. The zero-order valence-electron chi connectivity index (χ0n) is 13.3. The molecule has 9 heteroatoms. The van der Waals surface area contributed by atoms with Gasteiger partial charge in [-0.3, -0.25) is 19.6 Å². The van der Waals surface area contributed by atoms with Crippen LogP contribution in [0.3, 0.4) is 0 Å². The van der Waals surface area contributed by atoms with E-state index < -0.39 is 0 Å². The van der Waals surface area contributed by atoms with Gasteiger partial charge in [-0.05, 0) is 12.1 Å². The van der Waals surface area contributed by atoms with Crippen molar-refractivity contribution in [1.29, 1.82) is 0 Å². The van der Waals surface area contributed by atoms with Crippen LogP contribution < -0.4 is 10.1 Å². The van der Waals surface area contributed by atoms with Crippen molar-refractivity contribution in [2.45, 2.75) is 6.42 Å². The number of aromatic amines is 1. The first kappa shape index (κ1) is 15.3. The molecule has 0 saturated carbocycles. The number of carbonyl (C=O) groups is 1. The SMILES string of the molecule is COc1ccccc1-c1nc(NC(=O)Cc2cn3ccsc3n2)n[nH]1. The minimum atomic E-state index is -0.226. The summed E-state index contributed by atoms with van der Waals surface area (Å²) in [6, 6.07) is 7.45. The molecule has 0 aliphatic rings. The number of para-hydroxylation sites is 1. The summed E-state index contributed by atoms with van der Waals surface area (Å²) in [5.41, 5.74) is 1.47. The van der Waals surface area contributed by atoms with E-state index in [2.05, 4.69) is 25.5 Å². The van der Waals surface area contributed by atoms with Gasteiger partial charge < -0.3 is 4.74 Å². The number of nitrogens with zero attached hydrogens (tertiary/aromatic N) is 4. The van der Waals surface area contributed by atoms with Gasteiger partial charge in [-0.1, -0.05) is 12.1 Å². The number of benzene rings is 1. The van der Waals surface area contributed by atoms with Crippen LogP contribution in [-0.4, -0.2) is 37.6 Å². The summed E-state index contributed by atoms with van der Waals surface area (Å²) in [5, 5.41) is 11.5. The number of rotatable bonds is 5. The minimum absolute atomic E-state index is 0.160. The summed E-state index contributed by atoms with van der Waals surface area (Å²) in [4.78, 5) is 21.7. The maximum absolute atomic E-state index is 12.2. The van der Waals surface area contributed by atoms with Gasteiger partial charge in [0.2, 0.25) is 11.9 Å². The van der Waals surface area contributed by atoms with Crippen LogP contribution in [0.2, 0.25) is 0 Å². The van der Waals surface area contributed by atoms with E-state index >= 15 is 0 Å². The number of fused-ring (bicyclic) bond motifs is 1. The van der Waals surface area contributed by atoms with E-state index in [0.717, 1.165) is 10.5 Å². The molecule has 0 radical (unpaired) electrons.